The zero-order valence-electron chi connectivity index (χ0n) is 20.9. The van der Waals surface area contributed by atoms with Crippen molar-refractivity contribution in [2.75, 3.05) is 7.11 Å². The van der Waals surface area contributed by atoms with Crippen molar-refractivity contribution in [1.29, 1.82) is 0 Å². The van der Waals surface area contributed by atoms with Crippen molar-refractivity contribution >= 4 is 27.7 Å². The fourth-order valence-electron chi connectivity index (χ4n) is 5.78. The molecule has 2 bridgehead atoms. The zero-order chi connectivity index (χ0) is 27.2. The van der Waals surface area contributed by atoms with Gasteiger partial charge in [-0.3, -0.25) is 9.59 Å². The molecule has 1 aliphatic heterocycles. The number of esters is 1. The van der Waals surface area contributed by atoms with Gasteiger partial charge in [-0.1, -0.05) is 88.7 Å². The van der Waals surface area contributed by atoms with Crippen LogP contribution in [-0.2, 0) is 32.1 Å². The van der Waals surface area contributed by atoms with Crippen LogP contribution in [0.15, 0.2) is 102 Å². The number of pyridine rings is 1. The Labute approximate surface area is 233 Å². The van der Waals surface area contributed by atoms with Crippen LogP contribution in [0.25, 0.3) is 0 Å². The predicted octanol–water partition coefficient (Wildman–Crippen LogP) is 5.05. The highest BCUT2D eigenvalue weighted by molar-refractivity contribution is 9.10. The van der Waals surface area contributed by atoms with E-state index in [0.717, 1.165) is 10.0 Å². The van der Waals surface area contributed by atoms with Crippen LogP contribution in [0.3, 0.4) is 0 Å². The number of Topliss-reactive ketones (excluding diaryl/α,β-unsaturated/α-hetero) is 1. The minimum atomic E-state index is -2.30. The number of fused-ring (bicyclic) bond motifs is 4. The number of hydrogen-bond donors (Lipinski definition) is 1. The zero-order valence-corrected chi connectivity index (χ0v) is 22.5. The summed E-state index contributed by atoms with van der Waals surface area (Å²) in [4.78, 5) is 32.3. The standard InChI is InChI=1S/C31H24BrNO6/c1-37-28(34)26-25(20-10-6-3-7-11-20)31(21-12-14-22(32)15-13-21)29(35)30(26,36)27-24(39-31)16-23(17-33-27)38-18-19-8-4-2-5-9-19/h2-17,25-26,36H,18H2,1H3/t25?,26?,30-,31?/m1/s1. The van der Waals surface area contributed by atoms with E-state index in [-0.39, 0.29) is 11.4 Å². The average Bonchev–Trinajstić information content (AvgIpc) is 3.10. The Morgan fingerprint density at radius 3 is 2.36 bits per heavy atom. The molecule has 196 valence electrons. The Hall–Kier alpha value is -4.01. The Bertz CT molecular complexity index is 1540. The second-order valence-electron chi connectivity index (χ2n) is 9.62. The molecule has 2 heterocycles. The molecule has 1 N–H and O–H groups in total. The molecule has 39 heavy (non-hydrogen) atoms. The molecule has 4 aromatic rings. The quantitative estimate of drug-likeness (QED) is 0.316. The number of carbonyl (C=O) groups excluding carboxylic acids is 2. The molecule has 0 amide bonds. The normalized spacial score (nSPS) is 24.9. The molecule has 1 aliphatic carbocycles. The third-order valence-corrected chi connectivity index (χ3v) is 8.03. The van der Waals surface area contributed by atoms with Gasteiger partial charge in [0.05, 0.1) is 19.2 Å². The first-order chi connectivity index (χ1) is 18.9. The van der Waals surface area contributed by atoms with E-state index in [1.807, 2.05) is 60.7 Å². The van der Waals surface area contributed by atoms with Gasteiger partial charge in [0.25, 0.3) is 0 Å². The number of methoxy groups -OCH3 is 1. The lowest BCUT2D eigenvalue weighted by Crippen LogP contribution is -2.51. The van der Waals surface area contributed by atoms with Crippen LogP contribution in [0, 0.1) is 5.92 Å². The highest BCUT2D eigenvalue weighted by atomic mass is 79.9. The number of nitrogens with zero attached hydrogens (tertiary/aromatic N) is 1. The van der Waals surface area contributed by atoms with E-state index in [2.05, 4.69) is 20.9 Å². The summed E-state index contributed by atoms with van der Waals surface area (Å²) >= 11 is 3.45. The second kappa shape index (κ2) is 9.63. The topological polar surface area (TPSA) is 95.0 Å². The first-order valence-corrected chi connectivity index (χ1v) is 13.2. The van der Waals surface area contributed by atoms with Crippen LogP contribution in [0.1, 0.15) is 28.3 Å². The van der Waals surface area contributed by atoms with E-state index in [1.165, 1.54) is 13.3 Å². The fourth-order valence-corrected chi connectivity index (χ4v) is 6.04. The Morgan fingerprint density at radius 1 is 1.03 bits per heavy atom. The van der Waals surface area contributed by atoms with Crippen LogP contribution in [0.4, 0.5) is 0 Å². The lowest BCUT2D eigenvalue weighted by Gasteiger charge is -2.38. The average molecular weight is 586 g/mol. The highest BCUT2D eigenvalue weighted by Crippen LogP contribution is 2.64. The van der Waals surface area contributed by atoms with Crippen LogP contribution in [0.2, 0.25) is 0 Å². The van der Waals surface area contributed by atoms with Crippen LogP contribution in [0.5, 0.6) is 11.5 Å². The van der Waals surface area contributed by atoms with Gasteiger partial charge in [0.2, 0.25) is 11.4 Å². The van der Waals surface area contributed by atoms with Gasteiger partial charge >= 0.3 is 5.97 Å². The maximum Gasteiger partial charge on any atom is 0.313 e. The molecule has 1 fully saturated rings. The maximum absolute atomic E-state index is 14.4. The van der Waals surface area contributed by atoms with Crippen molar-refractivity contribution in [3.63, 3.8) is 0 Å². The van der Waals surface area contributed by atoms with E-state index >= 15 is 0 Å². The molecule has 3 aromatic carbocycles. The number of hydrogen-bond acceptors (Lipinski definition) is 7. The number of rotatable bonds is 6. The number of benzene rings is 3. The molecule has 0 spiro atoms. The summed E-state index contributed by atoms with van der Waals surface area (Å²) in [7, 11) is 1.24. The minimum absolute atomic E-state index is 0.0406. The molecule has 0 radical (unpaired) electrons. The van der Waals surface area contributed by atoms with Crippen molar-refractivity contribution in [1.82, 2.24) is 4.98 Å². The molecule has 1 saturated carbocycles. The van der Waals surface area contributed by atoms with E-state index in [4.69, 9.17) is 14.2 Å². The number of ether oxygens (including phenoxy) is 3. The molecular weight excluding hydrogens is 562 g/mol. The smallest absolute Gasteiger partial charge is 0.313 e. The predicted molar refractivity (Wildman–Crippen MR) is 145 cm³/mol. The number of aliphatic hydroxyl groups is 1. The summed E-state index contributed by atoms with van der Waals surface area (Å²) in [6, 6.07) is 27.5. The van der Waals surface area contributed by atoms with Gasteiger partial charge in [-0.05, 0) is 23.3 Å². The number of ketones is 1. The minimum Gasteiger partial charge on any atom is -0.487 e. The Balaban J connectivity index is 1.55. The van der Waals surface area contributed by atoms with Crippen molar-refractivity contribution < 1.29 is 28.9 Å². The van der Waals surface area contributed by atoms with Gasteiger partial charge in [-0.15, -0.1) is 0 Å². The lowest BCUT2D eigenvalue weighted by atomic mass is 9.75. The molecule has 4 atom stereocenters. The molecule has 3 unspecified atom stereocenters. The van der Waals surface area contributed by atoms with Gasteiger partial charge in [0.15, 0.2) is 5.60 Å². The number of aromatic nitrogens is 1. The molecule has 1 aromatic heterocycles. The van der Waals surface area contributed by atoms with Gasteiger partial charge in [-0.2, -0.15) is 0 Å². The molecule has 8 heteroatoms. The van der Waals surface area contributed by atoms with Crippen molar-refractivity contribution in [3.8, 4) is 11.5 Å². The SMILES string of the molecule is COC(=O)C1C(c2ccccc2)C2(c3ccc(Br)cc3)Oc3cc(OCc4ccccc4)cnc3[C@@]1(O)C2=O. The van der Waals surface area contributed by atoms with Crippen molar-refractivity contribution in [2.24, 2.45) is 5.92 Å². The first kappa shape index (κ1) is 25.3. The Kier molecular flexibility index (Phi) is 6.24. The molecule has 6 rings (SSSR count). The first-order valence-electron chi connectivity index (χ1n) is 12.4. The second-order valence-corrected chi connectivity index (χ2v) is 10.5. The van der Waals surface area contributed by atoms with Gasteiger partial charge in [0.1, 0.15) is 29.7 Å². The van der Waals surface area contributed by atoms with Crippen LogP contribution >= 0.6 is 15.9 Å². The lowest BCUT2D eigenvalue weighted by molar-refractivity contribution is -0.163. The van der Waals surface area contributed by atoms with E-state index in [1.54, 1.807) is 30.3 Å². The van der Waals surface area contributed by atoms with Crippen molar-refractivity contribution in [2.45, 2.75) is 23.7 Å². The molecule has 0 saturated heterocycles. The monoisotopic (exact) mass is 585 g/mol. The summed E-state index contributed by atoms with van der Waals surface area (Å²) in [5.74, 6) is -3.07. The van der Waals surface area contributed by atoms with Crippen LogP contribution < -0.4 is 9.47 Å². The van der Waals surface area contributed by atoms with Gasteiger partial charge in [-0.25, -0.2) is 4.98 Å². The molecule has 2 aliphatic rings. The van der Waals surface area contributed by atoms with E-state index in [9.17, 15) is 14.7 Å². The molecule has 7 nitrogen and oxygen atoms in total. The van der Waals surface area contributed by atoms with Crippen molar-refractivity contribution in [3.05, 3.63) is 124 Å². The summed E-state index contributed by atoms with van der Waals surface area (Å²) in [5, 5.41) is 12.3. The highest BCUT2D eigenvalue weighted by Gasteiger charge is 2.77. The maximum atomic E-state index is 14.4. The van der Waals surface area contributed by atoms with Gasteiger partial charge < -0.3 is 19.3 Å². The Morgan fingerprint density at radius 2 is 1.69 bits per heavy atom. The van der Waals surface area contributed by atoms with E-state index < -0.39 is 34.8 Å². The number of carbonyl (C=O) groups is 2. The van der Waals surface area contributed by atoms with Crippen LogP contribution in [-0.4, -0.2) is 29.0 Å². The third kappa shape index (κ3) is 3.85. The number of halogens is 1. The fraction of sp³-hybridized carbons (Fsp3) is 0.194. The summed E-state index contributed by atoms with van der Waals surface area (Å²) in [6.45, 7) is 0.291. The van der Waals surface area contributed by atoms with Gasteiger partial charge in [0, 0.05) is 16.1 Å². The summed E-state index contributed by atoms with van der Waals surface area (Å²) in [6.07, 6.45) is 1.42. The molecular formula is C31H24BrNO6. The third-order valence-electron chi connectivity index (χ3n) is 7.50. The summed E-state index contributed by atoms with van der Waals surface area (Å²) < 4.78 is 18.6. The summed E-state index contributed by atoms with van der Waals surface area (Å²) in [5.41, 5.74) is -1.97. The largest absolute Gasteiger partial charge is 0.487 e. The van der Waals surface area contributed by atoms with E-state index in [0.29, 0.717) is 23.5 Å².